The fraction of sp³-hybridized carbons (Fsp3) is 0.0263. The molecule has 9 heteroatoms. The molecule has 0 spiro atoms. The summed E-state index contributed by atoms with van der Waals surface area (Å²) in [7, 11) is -3.81. The summed E-state index contributed by atoms with van der Waals surface area (Å²) in [4.78, 5) is 29.9. The van der Waals surface area contributed by atoms with Crippen LogP contribution in [0.4, 0.5) is 0 Å². The molecule has 0 N–H and O–H groups in total. The highest BCUT2D eigenvalue weighted by Gasteiger charge is 2.23. The van der Waals surface area contributed by atoms with Crippen molar-refractivity contribution in [1.82, 2.24) is 4.57 Å². The summed E-state index contributed by atoms with van der Waals surface area (Å²) in [5.41, 5.74) is 3.50. The maximum atomic E-state index is 13.8. The van der Waals surface area contributed by atoms with Crippen LogP contribution in [-0.2, 0) is 19.5 Å². The number of aromatic nitrogens is 1. The molecule has 0 unspecified atom stereocenters. The zero-order valence-corrected chi connectivity index (χ0v) is 25.9. The maximum Gasteiger partial charge on any atom is 0.358 e. The lowest BCUT2D eigenvalue weighted by Gasteiger charge is -2.11. The average molecular weight is 639 g/mol. The molecule has 0 bridgehead atoms. The monoisotopic (exact) mass is 638 g/mol. The van der Waals surface area contributed by atoms with E-state index in [9.17, 15) is 18.0 Å². The number of fused-ring (bicyclic) bond motifs is 4. The zero-order chi connectivity index (χ0) is 32.7. The number of sulfone groups is 1. The quantitative estimate of drug-likeness (QED) is 0.0545. The fourth-order valence-corrected chi connectivity index (χ4v) is 7.34. The Morgan fingerprint density at radius 2 is 1.60 bits per heavy atom. The molecule has 5 aromatic carbocycles. The Morgan fingerprint density at radius 3 is 2.36 bits per heavy atom. The molecule has 7 rings (SSSR count). The first-order chi connectivity index (χ1) is 22.8. The van der Waals surface area contributed by atoms with Crippen LogP contribution >= 0.6 is 0 Å². The van der Waals surface area contributed by atoms with Crippen LogP contribution in [0.15, 0.2) is 154 Å². The third-order valence-electron chi connectivity index (χ3n) is 8.05. The molecule has 0 atom stereocenters. The maximum absolute atomic E-state index is 13.8. The fourth-order valence-electron chi connectivity index (χ4n) is 5.86. The normalized spacial score (nSPS) is 12.1. The van der Waals surface area contributed by atoms with Gasteiger partial charge in [0.1, 0.15) is 11.5 Å². The summed E-state index contributed by atoms with van der Waals surface area (Å²) in [6.45, 7) is 4.80. The van der Waals surface area contributed by atoms with Crippen molar-refractivity contribution in [3.63, 3.8) is 0 Å². The minimum Gasteiger partial charge on any atom is -0.464 e. The summed E-state index contributed by atoms with van der Waals surface area (Å²) in [5, 5.41) is 6.78. The summed E-state index contributed by atoms with van der Waals surface area (Å²) in [6.07, 6.45) is 2.56. The van der Waals surface area contributed by atoms with Gasteiger partial charge in [-0.2, -0.15) is 0 Å². The van der Waals surface area contributed by atoms with Crippen molar-refractivity contribution >= 4 is 59.9 Å². The minimum atomic E-state index is -3.81. The van der Waals surface area contributed by atoms with Gasteiger partial charge in [0.15, 0.2) is 0 Å². The molecular weight excluding hydrogens is 612 g/mol. The number of nitrogens with zero attached hydrogens (tertiary/aromatic N) is 2. The third kappa shape index (κ3) is 5.12. The Balaban J connectivity index is 1.38. The Kier molecular flexibility index (Phi) is 7.38. The Labute approximate surface area is 269 Å². The van der Waals surface area contributed by atoms with Crippen LogP contribution in [0.2, 0.25) is 0 Å². The second-order valence-corrected chi connectivity index (χ2v) is 12.8. The van der Waals surface area contributed by atoms with E-state index in [-0.39, 0.29) is 15.5 Å². The molecule has 47 heavy (non-hydrogen) atoms. The van der Waals surface area contributed by atoms with Crippen molar-refractivity contribution in [2.75, 3.05) is 0 Å². The summed E-state index contributed by atoms with van der Waals surface area (Å²) in [6, 6.07) is 34.3. The summed E-state index contributed by atoms with van der Waals surface area (Å²) < 4.78 is 35.4. The lowest BCUT2D eigenvalue weighted by Crippen LogP contribution is -2.12. The molecule has 7 aromatic rings. The predicted molar refractivity (Wildman–Crippen MR) is 182 cm³/mol. The molecule has 2 heterocycles. The van der Waals surface area contributed by atoms with E-state index in [0.717, 1.165) is 44.5 Å². The molecule has 8 nitrogen and oxygen atoms in total. The second-order valence-electron chi connectivity index (χ2n) is 10.8. The highest BCUT2D eigenvalue weighted by atomic mass is 32.2. The molecular formula is C38H26N2O6S. The Bertz CT molecular complexity index is 2500. The van der Waals surface area contributed by atoms with E-state index in [1.807, 2.05) is 71.3 Å². The van der Waals surface area contributed by atoms with Crippen molar-refractivity contribution < 1.29 is 27.3 Å². The summed E-state index contributed by atoms with van der Waals surface area (Å²) in [5.74, 6) is -0.533. The molecule has 0 radical (unpaired) electrons. The molecule has 0 amide bonds. The molecule has 230 valence electrons. The minimum absolute atomic E-state index is 0.00228. The van der Waals surface area contributed by atoms with Gasteiger partial charge in [-0.25, -0.2) is 13.2 Å². The van der Waals surface area contributed by atoms with E-state index in [1.54, 1.807) is 54.8 Å². The van der Waals surface area contributed by atoms with Crippen molar-refractivity contribution in [2.24, 2.45) is 5.16 Å². The number of hydrogen-bond acceptors (Lipinski definition) is 7. The first kappa shape index (κ1) is 29.6. The van der Waals surface area contributed by atoms with E-state index >= 15 is 0 Å². The number of rotatable bonds is 8. The molecule has 0 aliphatic rings. The van der Waals surface area contributed by atoms with Gasteiger partial charge in [-0.3, -0.25) is 4.79 Å². The highest BCUT2D eigenvalue weighted by molar-refractivity contribution is 7.91. The smallest absolute Gasteiger partial charge is 0.358 e. The van der Waals surface area contributed by atoms with Crippen molar-refractivity contribution in [2.45, 2.75) is 16.7 Å². The van der Waals surface area contributed by atoms with Crippen LogP contribution in [0, 0.1) is 0 Å². The van der Waals surface area contributed by atoms with Gasteiger partial charge in [0, 0.05) is 39.0 Å². The molecule has 0 aliphatic heterocycles. The molecule has 2 aromatic heterocycles. The van der Waals surface area contributed by atoms with E-state index < -0.39 is 21.6 Å². The first-order valence-corrected chi connectivity index (χ1v) is 16.1. The van der Waals surface area contributed by atoms with Crippen molar-refractivity contribution in [3.05, 3.63) is 140 Å². The van der Waals surface area contributed by atoms with E-state index in [1.165, 1.54) is 6.92 Å². The van der Waals surface area contributed by atoms with Crippen molar-refractivity contribution in [1.29, 1.82) is 0 Å². The number of furan rings is 1. The van der Waals surface area contributed by atoms with Crippen molar-refractivity contribution in [3.8, 4) is 17.0 Å². The average Bonchev–Trinajstić information content (AvgIpc) is 3.76. The Hall–Kier alpha value is -6.06. The number of Topliss-reactive ketones (excluding diaryl/α,β-unsaturated/α-hetero) is 1. The standard InChI is InChI=1S/C38H26N2O6S/c1-3-36(41)46-39-24(2)38(42)26-16-21-32-31(23-26)37-30(34-14-8-22-45-34)12-7-13-33(37)40(32)27-17-19-28(20-18-27)47(43,44)35-15-6-10-25-9-4-5-11-29(25)35/h3-23H,1H2,2H3/b39-24-. The van der Waals surface area contributed by atoms with E-state index in [4.69, 9.17) is 9.25 Å². The summed E-state index contributed by atoms with van der Waals surface area (Å²) >= 11 is 0. The van der Waals surface area contributed by atoms with Crippen LogP contribution in [0.25, 0.3) is 49.6 Å². The predicted octanol–water partition coefficient (Wildman–Crippen LogP) is 8.32. The van der Waals surface area contributed by atoms with Gasteiger partial charge < -0.3 is 13.8 Å². The van der Waals surface area contributed by atoms with Gasteiger partial charge in [0.05, 0.1) is 27.1 Å². The largest absolute Gasteiger partial charge is 0.464 e. The number of hydrogen-bond donors (Lipinski definition) is 0. The van der Waals surface area contributed by atoms with E-state index in [0.29, 0.717) is 16.7 Å². The zero-order valence-electron chi connectivity index (χ0n) is 25.1. The number of carbonyl (C=O) groups excluding carboxylic acids is 2. The van der Waals surface area contributed by atoms with Gasteiger partial charge in [-0.05, 0) is 79.0 Å². The van der Waals surface area contributed by atoms with Gasteiger partial charge in [-0.1, -0.05) is 60.3 Å². The van der Waals surface area contributed by atoms with Crippen LogP contribution in [0.3, 0.4) is 0 Å². The van der Waals surface area contributed by atoms with Crippen LogP contribution in [0.5, 0.6) is 0 Å². The van der Waals surface area contributed by atoms with Crippen LogP contribution < -0.4 is 0 Å². The highest BCUT2D eigenvalue weighted by Crippen LogP contribution is 2.39. The number of carbonyl (C=O) groups is 2. The van der Waals surface area contributed by atoms with Gasteiger partial charge >= 0.3 is 5.97 Å². The van der Waals surface area contributed by atoms with Crippen LogP contribution in [-0.4, -0.2) is 30.4 Å². The topological polar surface area (TPSA) is 108 Å². The number of benzene rings is 5. The van der Waals surface area contributed by atoms with Gasteiger partial charge in [0.25, 0.3) is 0 Å². The number of oxime groups is 1. The first-order valence-electron chi connectivity index (χ1n) is 14.6. The second kappa shape index (κ2) is 11.7. The van der Waals surface area contributed by atoms with Crippen LogP contribution in [0.1, 0.15) is 17.3 Å². The SMILES string of the molecule is C=CC(=O)O/N=C(/C)C(=O)c1ccc2c(c1)c1c(-c3ccco3)cccc1n2-c1ccc(S(=O)(=O)c2cccc3ccccc23)cc1. The van der Waals surface area contributed by atoms with E-state index in [2.05, 4.69) is 11.7 Å². The Morgan fingerprint density at radius 1 is 0.830 bits per heavy atom. The molecule has 0 fully saturated rings. The van der Waals surface area contributed by atoms with Gasteiger partial charge in [-0.15, -0.1) is 0 Å². The molecule has 0 saturated heterocycles. The molecule has 0 saturated carbocycles. The lowest BCUT2D eigenvalue weighted by molar-refractivity contribution is -0.137. The third-order valence-corrected chi connectivity index (χ3v) is 9.88. The number of ketones is 1. The lowest BCUT2D eigenvalue weighted by atomic mass is 10.0. The van der Waals surface area contributed by atoms with Gasteiger partial charge in [0.2, 0.25) is 15.6 Å². The molecule has 0 aliphatic carbocycles.